The largest absolute Gasteiger partial charge is 0.336 e. The van der Waals surface area contributed by atoms with E-state index in [-0.39, 0.29) is 0 Å². The van der Waals surface area contributed by atoms with E-state index in [0.29, 0.717) is 12.1 Å². The smallest absolute Gasteiger partial charge is 0.225 e. The molecule has 2 fully saturated rings. The van der Waals surface area contributed by atoms with Crippen molar-refractivity contribution in [2.24, 2.45) is 0 Å². The first-order valence-electron chi connectivity index (χ1n) is 8.01. The van der Waals surface area contributed by atoms with Crippen LogP contribution >= 0.6 is 0 Å². The number of likely N-dealkylation sites (tertiary alicyclic amines) is 1. The lowest BCUT2D eigenvalue weighted by molar-refractivity contribution is 0.243. The first-order chi connectivity index (χ1) is 10.8. The molecule has 2 aromatic rings. The molecule has 0 amide bonds. The number of nitrogens with zero attached hydrogens (tertiary/aromatic N) is 5. The van der Waals surface area contributed by atoms with Crippen molar-refractivity contribution < 1.29 is 0 Å². The molecule has 2 aliphatic heterocycles. The third-order valence-corrected chi connectivity index (χ3v) is 4.81. The van der Waals surface area contributed by atoms with Gasteiger partial charge in [-0.05, 0) is 38.0 Å². The van der Waals surface area contributed by atoms with E-state index in [1.54, 1.807) is 0 Å². The minimum absolute atomic E-state index is 0.548. The van der Waals surface area contributed by atoms with Gasteiger partial charge in [0, 0.05) is 49.8 Å². The van der Waals surface area contributed by atoms with Gasteiger partial charge >= 0.3 is 0 Å². The second kappa shape index (κ2) is 5.65. The zero-order chi connectivity index (χ0) is 14.9. The first kappa shape index (κ1) is 13.6. The van der Waals surface area contributed by atoms with Gasteiger partial charge in [-0.1, -0.05) is 6.07 Å². The highest BCUT2D eigenvalue weighted by Gasteiger charge is 2.43. The van der Waals surface area contributed by atoms with Crippen LogP contribution in [0, 0.1) is 6.92 Å². The summed E-state index contributed by atoms with van der Waals surface area (Å²) < 4.78 is 0. The van der Waals surface area contributed by atoms with Crippen LogP contribution in [-0.4, -0.2) is 45.0 Å². The van der Waals surface area contributed by atoms with Crippen molar-refractivity contribution >= 4 is 5.95 Å². The summed E-state index contributed by atoms with van der Waals surface area (Å²) in [4.78, 5) is 18.5. The van der Waals surface area contributed by atoms with Crippen molar-refractivity contribution in [2.75, 3.05) is 18.0 Å². The van der Waals surface area contributed by atoms with Gasteiger partial charge in [-0.25, -0.2) is 9.97 Å². The predicted octanol–water partition coefficient (Wildman–Crippen LogP) is 2.03. The number of pyridine rings is 1. The van der Waals surface area contributed by atoms with Crippen LogP contribution < -0.4 is 4.90 Å². The molecule has 0 radical (unpaired) electrons. The minimum Gasteiger partial charge on any atom is -0.336 e. The lowest BCUT2D eigenvalue weighted by Crippen LogP contribution is -2.37. The van der Waals surface area contributed by atoms with Crippen LogP contribution in [0.1, 0.15) is 24.2 Å². The van der Waals surface area contributed by atoms with E-state index < -0.39 is 0 Å². The number of anilines is 1. The van der Waals surface area contributed by atoms with Gasteiger partial charge in [-0.3, -0.25) is 9.88 Å². The molecule has 22 heavy (non-hydrogen) atoms. The average molecular weight is 295 g/mol. The van der Waals surface area contributed by atoms with E-state index in [2.05, 4.69) is 49.9 Å². The molecule has 4 heterocycles. The summed E-state index contributed by atoms with van der Waals surface area (Å²) in [5.74, 6) is 0.880. The highest BCUT2D eigenvalue weighted by molar-refractivity contribution is 5.35. The van der Waals surface area contributed by atoms with Gasteiger partial charge in [-0.2, -0.15) is 0 Å². The molecule has 2 aromatic heterocycles. The second-order valence-corrected chi connectivity index (χ2v) is 6.20. The molecule has 0 aliphatic carbocycles. The molecule has 4 rings (SSSR count). The second-order valence-electron chi connectivity index (χ2n) is 6.20. The number of rotatable bonds is 3. The molecule has 0 N–H and O–H groups in total. The van der Waals surface area contributed by atoms with E-state index in [1.165, 1.54) is 18.5 Å². The van der Waals surface area contributed by atoms with Crippen LogP contribution in [-0.2, 0) is 6.54 Å². The molecule has 5 nitrogen and oxygen atoms in total. The van der Waals surface area contributed by atoms with Crippen LogP contribution in [0.3, 0.4) is 0 Å². The van der Waals surface area contributed by atoms with E-state index >= 15 is 0 Å². The summed E-state index contributed by atoms with van der Waals surface area (Å²) in [5, 5.41) is 0. The Morgan fingerprint density at radius 2 is 1.86 bits per heavy atom. The molecular weight excluding hydrogens is 274 g/mol. The van der Waals surface area contributed by atoms with Crippen molar-refractivity contribution in [1.82, 2.24) is 19.9 Å². The van der Waals surface area contributed by atoms with Gasteiger partial charge < -0.3 is 4.90 Å². The van der Waals surface area contributed by atoms with Gasteiger partial charge in [-0.15, -0.1) is 0 Å². The third kappa shape index (κ3) is 2.46. The van der Waals surface area contributed by atoms with E-state index in [0.717, 1.165) is 31.3 Å². The molecule has 0 unspecified atom stereocenters. The summed E-state index contributed by atoms with van der Waals surface area (Å²) in [6.45, 7) is 5.19. The quantitative estimate of drug-likeness (QED) is 0.867. The van der Waals surface area contributed by atoms with Crippen molar-refractivity contribution in [3.05, 3.63) is 48.0 Å². The van der Waals surface area contributed by atoms with Crippen molar-refractivity contribution in [3.63, 3.8) is 0 Å². The number of hydrogen-bond acceptors (Lipinski definition) is 5. The van der Waals surface area contributed by atoms with Gasteiger partial charge in [0.25, 0.3) is 0 Å². The van der Waals surface area contributed by atoms with Crippen LogP contribution in [0.25, 0.3) is 0 Å². The minimum atomic E-state index is 0.548. The molecule has 0 saturated carbocycles. The zero-order valence-electron chi connectivity index (χ0n) is 12.9. The third-order valence-electron chi connectivity index (χ3n) is 4.81. The summed E-state index contributed by atoms with van der Waals surface area (Å²) in [5.41, 5.74) is 2.27. The Kier molecular flexibility index (Phi) is 3.50. The van der Waals surface area contributed by atoms with Crippen LogP contribution in [0.5, 0.6) is 0 Å². The van der Waals surface area contributed by atoms with Crippen LogP contribution in [0.2, 0.25) is 0 Å². The summed E-state index contributed by atoms with van der Waals surface area (Å²) in [6, 6.07) is 9.32. The number of hydrogen-bond donors (Lipinski definition) is 0. The molecule has 2 saturated heterocycles. The van der Waals surface area contributed by atoms with Gasteiger partial charge in [0.1, 0.15) is 0 Å². The molecule has 5 heteroatoms. The van der Waals surface area contributed by atoms with Gasteiger partial charge in [0.05, 0.1) is 5.69 Å². The topological polar surface area (TPSA) is 45.2 Å². The normalized spacial score (nSPS) is 24.7. The summed E-state index contributed by atoms with van der Waals surface area (Å²) in [7, 11) is 0. The fourth-order valence-corrected chi connectivity index (χ4v) is 3.86. The Morgan fingerprint density at radius 1 is 1.05 bits per heavy atom. The van der Waals surface area contributed by atoms with Crippen molar-refractivity contribution in [1.29, 1.82) is 0 Å². The molecule has 0 aromatic carbocycles. The SMILES string of the molecule is Cc1cccc(CN2CC[C@@H]3[C@H]2CCN3c2ncccn2)n1. The Balaban J connectivity index is 1.49. The zero-order valence-corrected chi connectivity index (χ0v) is 12.9. The molecular formula is C17H21N5. The van der Waals surface area contributed by atoms with Gasteiger partial charge in [0.15, 0.2) is 0 Å². The predicted molar refractivity (Wildman–Crippen MR) is 85.6 cm³/mol. The highest BCUT2D eigenvalue weighted by Crippen LogP contribution is 2.34. The summed E-state index contributed by atoms with van der Waals surface area (Å²) in [6.07, 6.45) is 6.04. The summed E-state index contributed by atoms with van der Waals surface area (Å²) >= 11 is 0. The highest BCUT2D eigenvalue weighted by atomic mass is 15.4. The van der Waals surface area contributed by atoms with Crippen LogP contribution in [0.4, 0.5) is 5.95 Å². The Bertz CT molecular complexity index is 645. The van der Waals surface area contributed by atoms with E-state index in [1.807, 2.05) is 18.5 Å². The molecule has 0 spiro atoms. The number of aromatic nitrogens is 3. The monoisotopic (exact) mass is 295 g/mol. The lowest BCUT2D eigenvalue weighted by Gasteiger charge is -2.25. The first-order valence-corrected chi connectivity index (χ1v) is 8.01. The fourth-order valence-electron chi connectivity index (χ4n) is 3.86. The Hall–Kier alpha value is -2.01. The number of aryl methyl sites for hydroxylation is 1. The molecule has 2 atom stereocenters. The molecule has 2 aliphatic rings. The van der Waals surface area contributed by atoms with Crippen molar-refractivity contribution in [2.45, 2.75) is 38.4 Å². The van der Waals surface area contributed by atoms with Crippen molar-refractivity contribution in [3.8, 4) is 0 Å². The maximum atomic E-state index is 4.65. The number of fused-ring (bicyclic) bond motifs is 1. The van der Waals surface area contributed by atoms with E-state index in [4.69, 9.17) is 0 Å². The standard InChI is InChI=1S/C17H21N5/c1-13-4-2-5-14(20-13)12-21-10-6-16-15(21)7-11-22(16)17-18-8-3-9-19-17/h2-5,8-9,15-16H,6-7,10-12H2,1H3/t15-,16-/m1/s1. The van der Waals surface area contributed by atoms with E-state index in [9.17, 15) is 0 Å². The average Bonchev–Trinajstić information content (AvgIpc) is 3.11. The van der Waals surface area contributed by atoms with Gasteiger partial charge in [0.2, 0.25) is 5.95 Å². The Morgan fingerprint density at radius 3 is 2.68 bits per heavy atom. The lowest BCUT2D eigenvalue weighted by atomic mass is 10.1. The fraction of sp³-hybridized carbons (Fsp3) is 0.471. The maximum absolute atomic E-state index is 4.65. The Labute approximate surface area is 131 Å². The maximum Gasteiger partial charge on any atom is 0.225 e. The molecule has 114 valence electrons. The molecule has 0 bridgehead atoms. The van der Waals surface area contributed by atoms with Crippen LogP contribution in [0.15, 0.2) is 36.7 Å².